The van der Waals surface area contributed by atoms with Crippen LogP contribution < -0.4 is 0 Å². The average molecular weight is 328 g/mol. The van der Waals surface area contributed by atoms with Crippen LogP contribution in [0.4, 0.5) is 0 Å². The highest BCUT2D eigenvalue weighted by Gasteiger charge is 2.47. The first-order chi connectivity index (χ1) is 11.8. The molecule has 0 radical (unpaired) electrons. The van der Waals surface area contributed by atoms with Gasteiger partial charge in [-0.1, -0.05) is 6.07 Å². The number of amides is 1. The summed E-state index contributed by atoms with van der Waals surface area (Å²) in [7, 11) is 0. The fourth-order valence-electron chi connectivity index (χ4n) is 3.52. The minimum atomic E-state index is -0.130. The van der Waals surface area contributed by atoms with E-state index in [2.05, 4.69) is 4.98 Å². The van der Waals surface area contributed by atoms with Gasteiger partial charge in [0.1, 0.15) is 12.2 Å². The lowest BCUT2D eigenvalue weighted by Crippen LogP contribution is -2.43. The second-order valence-corrected chi connectivity index (χ2v) is 6.19. The minimum absolute atomic E-state index is 0.0512. The van der Waals surface area contributed by atoms with Gasteiger partial charge >= 0.3 is 0 Å². The Morgan fingerprint density at radius 2 is 2.33 bits per heavy atom. The van der Waals surface area contributed by atoms with Gasteiger partial charge in [-0.15, -0.1) is 0 Å². The Morgan fingerprint density at radius 3 is 3.12 bits per heavy atom. The number of aromatic nitrogens is 1. The van der Waals surface area contributed by atoms with Crippen LogP contribution >= 0.6 is 0 Å². The summed E-state index contributed by atoms with van der Waals surface area (Å²) in [4.78, 5) is 18.6. The largest absolute Gasteiger partial charge is 0.459 e. The molecule has 0 unspecified atom stereocenters. The molecule has 126 valence electrons. The maximum absolute atomic E-state index is 12.7. The third-order valence-electron chi connectivity index (χ3n) is 4.66. The summed E-state index contributed by atoms with van der Waals surface area (Å²) in [6, 6.07) is 7.35. The van der Waals surface area contributed by atoms with Crippen molar-refractivity contribution in [1.82, 2.24) is 9.88 Å². The summed E-state index contributed by atoms with van der Waals surface area (Å²) in [5.74, 6) is 0.278. The molecule has 4 rings (SSSR count). The number of rotatable bonds is 4. The van der Waals surface area contributed by atoms with Gasteiger partial charge in [0.15, 0.2) is 5.76 Å². The summed E-state index contributed by atoms with van der Waals surface area (Å²) < 4.78 is 17.3. The summed E-state index contributed by atoms with van der Waals surface area (Å²) in [6.07, 6.45) is 6.74. The Bertz CT molecular complexity index is 674. The number of hydrogen-bond donors (Lipinski definition) is 0. The van der Waals surface area contributed by atoms with Crippen LogP contribution in [-0.4, -0.2) is 47.2 Å². The molecule has 2 fully saturated rings. The van der Waals surface area contributed by atoms with Crippen molar-refractivity contribution in [3.8, 4) is 0 Å². The third-order valence-corrected chi connectivity index (χ3v) is 4.66. The Kier molecular flexibility index (Phi) is 4.32. The molecule has 4 heterocycles. The summed E-state index contributed by atoms with van der Waals surface area (Å²) in [6.45, 7) is 1.71. The van der Waals surface area contributed by atoms with Crippen LogP contribution in [0, 0.1) is 0 Å². The molecule has 2 aromatic rings. The van der Waals surface area contributed by atoms with Gasteiger partial charge in [0.25, 0.3) is 5.91 Å². The lowest BCUT2D eigenvalue weighted by atomic mass is 10.0. The first kappa shape index (κ1) is 15.4. The Morgan fingerprint density at radius 1 is 1.38 bits per heavy atom. The monoisotopic (exact) mass is 328 g/mol. The zero-order valence-electron chi connectivity index (χ0n) is 13.3. The highest BCUT2D eigenvalue weighted by atomic mass is 16.5. The number of nitrogens with zero attached hydrogens (tertiary/aromatic N) is 2. The molecule has 0 aliphatic carbocycles. The van der Waals surface area contributed by atoms with E-state index in [9.17, 15) is 4.79 Å². The molecule has 0 aromatic carbocycles. The van der Waals surface area contributed by atoms with Crippen LogP contribution in [-0.2, 0) is 16.1 Å². The number of pyridine rings is 1. The van der Waals surface area contributed by atoms with Crippen LogP contribution in [0.1, 0.15) is 29.0 Å². The normalized spacial score (nSPS) is 26.3. The van der Waals surface area contributed by atoms with E-state index in [4.69, 9.17) is 13.9 Å². The van der Waals surface area contributed by atoms with Gasteiger partial charge in [-0.3, -0.25) is 9.78 Å². The first-order valence-electron chi connectivity index (χ1n) is 8.29. The van der Waals surface area contributed by atoms with E-state index >= 15 is 0 Å². The van der Waals surface area contributed by atoms with Crippen molar-refractivity contribution in [2.24, 2.45) is 0 Å². The molecule has 2 aliphatic rings. The molecule has 3 atom stereocenters. The van der Waals surface area contributed by atoms with E-state index in [1.54, 1.807) is 24.5 Å². The predicted molar refractivity (Wildman–Crippen MR) is 85.3 cm³/mol. The average Bonchev–Trinajstić information content (AvgIpc) is 3.29. The van der Waals surface area contributed by atoms with Crippen LogP contribution in [0.5, 0.6) is 0 Å². The van der Waals surface area contributed by atoms with E-state index in [1.807, 2.05) is 17.0 Å². The molecular formula is C18H20N2O4. The van der Waals surface area contributed by atoms with E-state index in [1.165, 1.54) is 6.26 Å². The zero-order chi connectivity index (χ0) is 16.4. The topological polar surface area (TPSA) is 64.8 Å². The lowest BCUT2D eigenvalue weighted by Gasteiger charge is -2.31. The van der Waals surface area contributed by atoms with E-state index in [-0.39, 0.29) is 24.2 Å². The van der Waals surface area contributed by atoms with Crippen LogP contribution in [0.2, 0.25) is 0 Å². The van der Waals surface area contributed by atoms with Crippen molar-refractivity contribution in [2.45, 2.75) is 37.7 Å². The molecule has 0 bridgehead atoms. The number of likely N-dealkylation sites (tertiary alicyclic amines) is 1. The summed E-state index contributed by atoms with van der Waals surface area (Å²) in [5, 5.41) is 0. The van der Waals surface area contributed by atoms with Gasteiger partial charge in [0, 0.05) is 19.0 Å². The second kappa shape index (κ2) is 6.75. The number of furan rings is 1. The van der Waals surface area contributed by atoms with Gasteiger partial charge in [0.2, 0.25) is 0 Å². The molecule has 2 saturated heterocycles. The van der Waals surface area contributed by atoms with Gasteiger partial charge < -0.3 is 18.8 Å². The molecule has 2 aromatic heterocycles. The number of carbonyl (C=O) groups is 1. The van der Waals surface area contributed by atoms with Gasteiger partial charge in [-0.2, -0.15) is 0 Å². The Labute approximate surface area is 140 Å². The maximum atomic E-state index is 12.7. The SMILES string of the molecule is O=C(c1ccco1)N1C[C@@H](OCc2cccnc2)[C@H]2OCCC[C@@H]21. The smallest absolute Gasteiger partial charge is 0.289 e. The van der Waals surface area contributed by atoms with E-state index < -0.39 is 0 Å². The van der Waals surface area contributed by atoms with Gasteiger partial charge in [-0.05, 0) is 36.6 Å². The Hall–Kier alpha value is -2.18. The highest BCUT2D eigenvalue weighted by Crippen LogP contribution is 2.32. The van der Waals surface area contributed by atoms with Crippen molar-refractivity contribution in [3.63, 3.8) is 0 Å². The first-order valence-corrected chi connectivity index (χ1v) is 8.29. The van der Waals surface area contributed by atoms with Crippen molar-refractivity contribution < 1.29 is 18.7 Å². The fraction of sp³-hybridized carbons (Fsp3) is 0.444. The molecule has 0 N–H and O–H groups in total. The van der Waals surface area contributed by atoms with Crippen molar-refractivity contribution in [2.75, 3.05) is 13.2 Å². The van der Waals surface area contributed by atoms with Crippen LogP contribution in [0.25, 0.3) is 0 Å². The molecule has 0 saturated carbocycles. The number of hydrogen-bond acceptors (Lipinski definition) is 5. The predicted octanol–water partition coefficient (Wildman–Crippen LogP) is 2.26. The molecule has 6 nitrogen and oxygen atoms in total. The molecule has 1 amide bonds. The van der Waals surface area contributed by atoms with Crippen molar-refractivity contribution in [3.05, 3.63) is 54.2 Å². The number of carbonyl (C=O) groups excluding carboxylic acids is 1. The molecular weight excluding hydrogens is 308 g/mol. The van der Waals surface area contributed by atoms with Crippen LogP contribution in [0.3, 0.4) is 0 Å². The minimum Gasteiger partial charge on any atom is -0.459 e. The number of fused-ring (bicyclic) bond motifs is 1. The van der Waals surface area contributed by atoms with Crippen LogP contribution in [0.15, 0.2) is 47.3 Å². The molecule has 6 heteroatoms. The Balaban J connectivity index is 1.48. The van der Waals surface area contributed by atoms with Crippen molar-refractivity contribution >= 4 is 5.91 Å². The zero-order valence-corrected chi connectivity index (χ0v) is 13.3. The highest BCUT2D eigenvalue weighted by molar-refractivity contribution is 5.92. The van der Waals surface area contributed by atoms with Gasteiger partial charge in [-0.25, -0.2) is 0 Å². The quantitative estimate of drug-likeness (QED) is 0.861. The van der Waals surface area contributed by atoms with E-state index in [0.29, 0.717) is 18.9 Å². The fourth-order valence-corrected chi connectivity index (χ4v) is 3.52. The standard InChI is InChI=1S/C18H20N2O4/c21-18(15-6-3-8-22-15)20-11-16(17-14(20)5-2-9-23-17)24-12-13-4-1-7-19-10-13/h1,3-4,6-8,10,14,16-17H,2,5,9,11-12H2/t14-,16+,17-/m0/s1. The lowest BCUT2D eigenvalue weighted by molar-refractivity contribution is -0.0810. The molecule has 0 spiro atoms. The maximum Gasteiger partial charge on any atom is 0.289 e. The summed E-state index contributed by atoms with van der Waals surface area (Å²) in [5.41, 5.74) is 1.01. The second-order valence-electron chi connectivity index (χ2n) is 6.19. The van der Waals surface area contributed by atoms with E-state index in [0.717, 1.165) is 25.0 Å². The van der Waals surface area contributed by atoms with Gasteiger partial charge in [0.05, 0.1) is 25.5 Å². The molecule has 24 heavy (non-hydrogen) atoms. The molecule has 2 aliphatic heterocycles. The summed E-state index contributed by atoms with van der Waals surface area (Å²) >= 11 is 0. The van der Waals surface area contributed by atoms with Crippen molar-refractivity contribution in [1.29, 1.82) is 0 Å². The number of ether oxygens (including phenoxy) is 2. The third kappa shape index (κ3) is 2.95.